The Kier molecular flexibility index (Phi) is 4.71. The lowest BCUT2D eigenvalue weighted by Crippen LogP contribution is -2.27. The van der Waals surface area contributed by atoms with Crippen molar-refractivity contribution in [3.05, 3.63) is 59.9 Å². The van der Waals surface area contributed by atoms with Crippen LogP contribution in [0.4, 0.5) is 0 Å². The summed E-state index contributed by atoms with van der Waals surface area (Å²) >= 11 is 0. The van der Waals surface area contributed by atoms with E-state index in [2.05, 4.69) is 22.0 Å². The molecule has 1 N–H and O–H groups in total. The van der Waals surface area contributed by atoms with Gasteiger partial charge >= 0.3 is 0 Å². The largest absolute Gasteiger partial charge is 0.497 e. The van der Waals surface area contributed by atoms with Crippen molar-refractivity contribution in [2.24, 2.45) is 0 Å². The van der Waals surface area contributed by atoms with Gasteiger partial charge in [0, 0.05) is 31.5 Å². The first kappa shape index (κ1) is 15.0. The lowest BCUT2D eigenvalue weighted by atomic mass is 10.0. The summed E-state index contributed by atoms with van der Waals surface area (Å²) < 4.78 is 5.32. The van der Waals surface area contributed by atoms with Crippen LogP contribution in [-0.4, -0.2) is 41.3 Å². The highest BCUT2D eigenvalue weighted by Gasteiger charge is 2.31. The molecule has 1 aromatic heterocycles. The number of pyridine rings is 1. The molecule has 1 aliphatic heterocycles. The molecule has 0 radical (unpaired) electrons. The van der Waals surface area contributed by atoms with Crippen molar-refractivity contribution in [2.75, 3.05) is 20.2 Å². The quantitative estimate of drug-likeness (QED) is 0.921. The van der Waals surface area contributed by atoms with Gasteiger partial charge in [0.05, 0.1) is 13.2 Å². The molecular weight excluding hydrogens is 276 g/mol. The van der Waals surface area contributed by atoms with Gasteiger partial charge in [-0.25, -0.2) is 0 Å². The Balaban J connectivity index is 1.71. The number of hydrogen-bond acceptors (Lipinski definition) is 4. The maximum atomic E-state index is 10.1. The summed E-state index contributed by atoms with van der Waals surface area (Å²) in [5, 5.41) is 10.1. The monoisotopic (exact) mass is 298 g/mol. The molecule has 4 nitrogen and oxygen atoms in total. The fourth-order valence-corrected chi connectivity index (χ4v) is 3.14. The standard InChI is InChI=1S/C18H22N2O2/c1-22-17-4-2-3-15(11-17)18-12-16(21)13-20(18)10-7-14-5-8-19-9-6-14/h2-6,8-9,11,16,18,21H,7,10,12-13H2,1H3/t16-,18-/m0/s1. The lowest BCUT2D eigenvalue weighted by Gasteiger charge is -2.24. The molecule has 4 heteroatoms. The summed E-state index contributed by atoms with van der Waals surface area (Å²) in [5.41, 5.74) is 2.49. The fraction of sp³-hybridized carbons (Fsp3) is 0.389. The normalized spacial score (nSPS) is 21.9. The van der Waals surface area contributed by atoms with Crippen LogP contribution in [0.1, 0.15) is 23.6 Å². The van der Waals surface area contributed by atoms with Crippen LogP contribution in [-0.2, 0) is 6.42 Å². The number of methoxy groups -OCH3 is 1. The molecule has 1 aromatic carbocycles. The van der Waals surface area contributed by atoms with E-state index in [0.717, 1.165) is 31.7 Å². The van der Waals surface area contributed by atoms with Gasteiger partial charge in [-0.15, -0.1) is 0 Å². The molecule has 22 heavy (non-hydrogen) atoms. The Morgan fingerprint density at radius 2 is 2.09 bits per heavy atom. The van der Waals surface area contributed by atoms with Gasteiger partial charge in [-0.3, -0.25) is 9.88 Å². The summed E-state index contributed by atoms with van der Waals surface area (Å²) in [7, 11) is 1.68. The summed E-state index contributed by atoms with van der Waals surface area (Å²) in [6, 6.07) is 12.5. The van der Waals surface area contributed by atoms with Crippen LogP contribution in [0.25, 0.3) is 0 Å². The molecule has 1 aliphatic rings. The third-order valence-corrected chi connectivity index (χ3v) is 4.30. The summed E-state index contributed by atoms with van der Waals surface area (Å²) in [4.78, 5) is 6.41. The smallest absolute Gasteiger partial charge is 0.119 e. The highest BCUT2D eigenvalue weighted by Crippen LogP contribution is 2.33. The van der Waals surface area contributed by atoms with Gasteiger partial charge in [0.2, 0.25) is 0 Å². The minimum atomic E-state index is -0.256. The molecule has 2 aromatic rings. The number of hydrogen-bond donors (Lipinski definition) is 1. The first-order valence-corrected chi connectivity index (χ1v) is 7.71. The van der Waals surface area contributed by atoms with E-state index in [1.54, 1.807) is 7.11 Å². The van der Waals surface area contributed by atoms with Crippen LogP contribution in [0.5, 0.6) is 5.75 Å². The zero-order chi connectivity index (χ0) is 15.4. The fourth-order valence-electron chi connectivity index (χ4n) is 3.14. The minimum Gasteiger partial charge on any atom is -0.497 e. The Hall–Kier alpha value is -1.91. The van der Waals surface area contributed by atoms with Crippen molar-refractivity contribution in [2.45, 2.75) is 25.0 Å². The van der Waals surface area contributed by atoms with Crippen molar-refractivity contribution < 1.29 is 9.84 Å². The van der Waals surface area contributed by atoms with Gasteiger partial charge in [0.1, 0.15) is 5.75 Å². The number of benzene rings is 1. The highest BCUT2D eigenvalue weighted by atomic mass is 16.5. The van der Waals surface area contributed by atoms with Crippen molar-refractivity contribution >= 4 is 0 Å². The zero-order valence-electron chi connectivity index (χ0n) is 12.9. The Morgan fingerprint density at radius 1 is 1.27 bits per heavy atom. The van der Waals surface area contributed by atoms with E-state index in [1.165, 1.54) is 11.1 Å². The van der Waals surface area contributed by atoms with Gasteiger partial charge in [-0.1, -0.05) is 12.1 Å². The predicted molar refractivity (Wildman–Crippen MR) is 85.9 cm³/mol. The van der Waals surface area contributed by atoms with E-state index in [-0.39, 0.29) is 12.1 Å². The number of aromatic nitrogens is 1. The SMILES string of the molecule is COc1cccc([C@@H]2C[C@H](O)CN2CCc2ccncc2)c1. The average Bonchev–Trinajstić information content (AvgIpc) is 2.95. The number of β-amino-alcohol motifs (C(OH)–C–C–N with tert-alkyl or cyclic N) is 1. The molecular formula is C18H22N2O2. The van der Waals surface area contributed by atoms with Gasteiger partial charge in [-0.05, 0) is 48.2 Å². The van der Waals surface area contributed by atoms with Gasteiger partial charge in [0.25, 0.3) is 0 Å². The van der Waals surface area contributed by atoms with Gasteiger partial charge < -0.3 is 9.84 Å². The first-order valence-electron chi connectivity index (χ1n) is 7.71. The molecule has 1 saturated heterocycles. The van der Waals surface area contributed by atoms with Crippen LogP contribution in [0.15, 0.2) is 48.8 Å². The van der Waals surface area contributed by atoms with Crippen molar-refractivity contribution in [1.29, 1.82) is 0 Å². The van der Waals surface area contributed by atoms with Crippen LogP contribution >= 0.6 is 0 Å². The second kappa shape index (κ2) is 6.90. The molecule has 116 valence electrons. The molecule has 0 saturated carbocycles. The maximum Gasteiger partial charge on any atom is 0.119 e. The van der Waals surface area contributed by atoms with Crippen molar-refractivity contribution in [1.82, 2.24) is 9.88 Å². The molecule has 0 bridgehead atoms. The molecule has 1 fully saturated rings. The van der Waals surface area contributed by atoms with E-state index >= 15 is 0 Å². The van der Waals surface area contributed by atoms with Crippen LogP contribution in [0.3, 0.4) is 0 Å². The van der Waals surface area contributed by atoms with Crippen LogP contribution in [0.2, 0.25) is 0 Å². The number of ether oxygens (including phenoxy) is 1. The zero-order valence-corrected chi connectivity index (χ0v) is 12.9. The van der Waals surface area contributed by atoms with E-state index in [1.807, 2.05) is 36.7 Å². The van der Waals surface area contributed by atoms with Crippen molar-refractivity contribution in [3.8, 4) is 5.75 Å². The van der Waals surface area contributed by atoms with Crippen LogP contribution in [0, 0.1) is 0 Å². The number of aliphatic hydroxyl groups excluding tert-OH is 1. The summed E-state index contributed by atoms with van der Waals surface area (Å²) in [5.74, 6) is 0.868. The number of aliphatic hydroxyl groups is 1. The molecule has 0 spiro atoms. The molecule has 0 amide bonds. The summed E-state index contributed by atoms with van der Waals surface area (Å²) in [6.45, 7) is 1.66. The van der Waals surface area contributed by atoms with Crippen LogP contribution < -0.4 is 4.74 Å². The molecule has 2 atom stereocenters. The average molecular weight is 298 g/mol. The third-order valence-electron chi connectivity index (χ3n) is 4.30. The Bertz CT molecular complexity index is 603. The third kappa shape index (κ3) is 3.46. The minimum absolute atomic E-state index is 0.256. The highest BCUT2D eigenvalue weighted by molar-refractivity contribution is 5.31. The maximum absolute atomic E-state index is 10.1. The van der Waals surface area contributed by atoms with E-state index in [4.69, 9.17) is 4.74 Å². The number of likely N-dealkylation sites (tertiary alicyclic amines) is 1. The first-order chi connectivity index (χ1) is 10.8. The second-order valence-electron chi connectivity index (χ2n) is 5.78. The Labute approximate surface area is 131 Å². The molecule has 3 rings (SSSR count). The summed E-state index contributed by atoms with van der Waals surface area (Å²) in [6.07, 6.45) is 5.15. The molecule has 2 heterocycles. The molecule has 0 unspecified atom stereocenters. The topological polar surface area (TPSA) is 45.6 Å². The van der Waals surface area contributed by atoms with Gasteiger partial charge in [0.15, 0.2) is 0 Å². The van der Waals surface area contributed by atoms with Gasteiger partial charge in [-0.2, -0.15) is 0 Å². The van der Waals surface area contributed by atoms with E-state index in [9.17, 15) is 5.11 Å². The molecule has 0 aliphatic carbocycles. The number of nitrogens with zero attached hydrogens (tertiary/aromatic N) is 2. The lowest BCUT2D eigenvalue weighted by molar-refractivity contribution is 0.175. The van der Waals surface area contributed by atoms with E-state index < -0.39 is 0 Å². The predicted octanol–water partition coefficient (Wildman–Crippen LogP) is 2.44. The Morgan fingerprint density at radius 3 is 2.86 bits per heavy atom. The van der Waals surface area contributed by atoms with E-state index in [0.29, 0.717) is 0 Å². The van der Waals surface area contributed by atoms with Crippen molar-refractivity contribution in [3.63, 3.8) is 0 Å². The number of rotatable bonds is 5. The second-order valence-corrected chi connectivity index (χ2v) is 5.78.